The second kappa shape index (κ2) is 6.60. The van der Waals surface area contributed by atoms with E-state index in [9.17, 15) is 4.79 Å². The van der Waals surface area contributed by atoms with Crippen LogP contribution < -0.4 is 4.74 Å². The van der Waals surface area contributed by atoms with Crippen molar-refractivity contribution in [1.82, 2.24) is 0 Å². The molecule has 102 valence electrons. The minimum atomic E-state index is -0.0845. The Hall–Kier alpha value is -1.77. The Balaban J connectivity index is 2.13. The van der Waals surface area contributed by atoms with Crippen LogP contribution in [0.15, 0.2) is 48.5 Å². The highest BCUT2D eigenvalue weighted by Gasteiger charge is 2.02. The average molecular weight is 307 g/mol. The standard InChI is InChI=1S/C16H12Cl2O2/c1-20-13-6-4-12(5-7-13)16(19)9-3-11-2-8-14(17)15(18)10-11/h2-10H,1H3. The van der Waals surface area contributed by atoms with Crippen molar-refractivity contribution in [3.05, 3.63) is 69.7 Å². The van der Waals surface area contributed by atoms with Crippen LogP contribution >= 0.6 is 23.2 Å². The highest BCUT2D eigenvalue weighted by atomic mass is 35.5. The fourth-order valence-corrected chi connectivity index (χ4v) is 1.95. The molecule has 2 nitrogen and oxygen atoms in total. The van der Waals surface area contributed by atoms with Crippen molar-refractivity contribution in [1.29, 1.82) is 0 Å². The van der Waals surface area contributed by atoms with E-state index in [0.29, 0.717) is 15.6 Å². The number of methoxy groups -OCH3 is 1. The molecule has 0 saturated heterocycles. The first-order valence-electron chi connectivity index (χ1n) is 5.91. The predicted molar refractivity (Wildman–Crippen MR) is 82.8 cm³/mol. The SMILES string of the molecule is COc1ccc(C(=O)C=Cc2ccc(Cl)c(Cl)c2)cc1. The molecule has 20 heavy (non-hydrogen) atoms. The molecule has 0 aromatic heterocycles. The summed E-state index contributed by atoms with van der Waals surface area (Å²) in [6.07, 6.45) is 3.20. The monoisotopic (exact) mass is 306 g/mol. The van der Waals surface area contributed by atoms with Crippen molar-refractivity contribution in [2.24, 2.45) is 0 Å². The van der Waals surface area contributed by atoms with Crippen molar-refractivity contribution in [2.45, 2.75) is 0 Å². The van der Waals surface area contributed by atoms with Gasteiger partial charge in [-0.2, -0.15) is 0 Å². The van der Waals surface area contributed by atoms with E-state index < -0.39 is 0 Å². The number of carbonyl (C=O) groups excluding carboxylic acids is 1. The maximum Gasteiger partial charge on any atom is 0.185 e. The molecule has 0 aliphatic heterocycles. The quantitative estimate of drug-likeness (QED) is 0.593. The van der Waals surface area contributed by atoms with Crippen LogP contribution in [0.3, 0.4) is 0 Å². The maximum absolute atomic E-state index is 12.0. The van der Waals surface area contributed by atoms with Gasteiger partial charge >= 0.3 is 0 Å². The van der Waals surface area contributed by atoms with Crippen molar-refractivity contribution in [3.63, 3.8) is 0 Å². The topological polar surface area (TPSA) is 26.3 Å². The maximum atomic E-state index is 12.0. The summed E-state index contributed by atoms with van der Waals surface area (Å²) in [5, 5.41) is 0.955. The lowest BCUT2D eigenvalue weighted by Crippen LogP contribution is -1.94. The van der Waals surface area contributed by atoms with E-state index in [2.05, 4.69) is 0 Å². The highest BCUT2D eigenvalue weighted by Crippen LogP contribution is 2.23. The van der Waals surface area contributed by atoms with Crippen LogP contribution in [0.1, 0.15) is 15.9 Å². The van der Waals surface area contributed by atoms with Crippen LogP contribution in [-0.4, -0.2) is 12.9 Å². The van der Waals surface area contributed by atoms with Gasteiger partial charge in [-0.3, -0.25) is 4.79 Å². The second-order valence-corrected chi connectivity index (χ2v) is 4.91. The van der Waals surface area contributed by atoms with Gasteiger partial charge in [0.2, 0.25) is 0 Å². The van der Waals surface area contributed by atoms with Crippen LogP contribution in [0, 0.1) is 0 Å². The number of rotatable bonds is 4. The van der Waals surface area contributed by atoms with Crippen LogP contribution in [-0.2, 0) is 0 Å². The molecule has 2 rings (SSSR count). The lowest BCUT2D eigenvalue weighted by atomic mass is 10.1. The summed E-state index contributed by atoms with van der Waals surface area (Å²) in [5.74, 6) is 0.633. The molecule has 0 bridgehead atoms. The zero-order chi connectivity index (χ0) is 14.5. The molecular weight excluding hydrogens is 295 g/mol. The van der Waals surface area contributed by atoms with Crippen molar-refractivity contribution in [2.75, 3.05) is 7.11 Å². The minimum absolute atomic E-state index is 0.0845. The Morgan fingerprint density at radius 2 is 1.75 bits per heavy atom. The number of carbonyl (C=O) groups is 1. The lowest BCUT2D eigenvalue weighted by molar-refractivity contribution is 0.104. The third-order valence-corrected chi connectivity index (χ3v) is 3.48. The van der Waals surface area contributed by atoms with Crippen LogP contribution in [0.25, 0.3) is 6.08 Å². The van der Waals surface area contributed by atoms with Crippen molar-refractivity contribution < 1.29 is 9.53 Å². The van der Waals surface area contributed by atoms with E-state index in [4.69, 9.17) is 27.9 Å². The third kappa shape index (κ3) is 3.62. The molecule has 0 fully saturated rings. The Morgan fingerprint density at radius 1 is 1.05 bits per heavy atom. The van der Waals surface area contributed by atoms with E-state index in [0.717, 1.165) is 11.3 Å². The number of hydrogen-bond acceptors (Lipinski definition) is 2. The summed E-state index contributed by atoms with van der Waals surface area (Å²) >= 11 is 11.7. The first-order valence-corrected chi connectivity index (χ1v) is 6.67. The molecular formula is C16H12Cl2O2. The van der Waals surface area contributed by atoms with Crippen LogP contribution in [0.4, 0.5) is 0 Å². The van der Waals surface area contributed by atoms with E-state index in [1.54, 1.807) is 55.7 Å². The van der Waals surface area contributed by atoms with E-state index in [-0.39, 0.29) is 5.78 Å². The van der Waals surface area contributed by atoms with Crippen molar-refractivity contribution >= 4 is 35.1 Å². The molecule has 0 aliphatic carbocycles. The van der Waals surface area contributed by atoms with Gasteiger partial charge in [0.1, 0.15) is 5.75 Å². The molecule has 2 aromatic carbocycles. The number of ether oxygens (including phenoxy) is 1. The molecule has 0 spiro atoms. The predicted octanol–water partition coefficient (Wildman–Crippen LogP) is 4.90. The Kier molecular flexibility index (Phi) is 4.83. The highest BCUT2D eigenvalue weighted by molar-refractivity contribution is 6.42. The number of ketones is 1. The number of hydrogen-bond donors (Lipinski definition) is 0. The van der Waals surface area contributed by atoms with E-state index in [1.807, 2.05) is 0 Å². The number of halogens is 2. The molecule has 0 atom stereocenters. The van der Waals surface area contributed by atoms with Crippen LogP contribution in [0.2, 0.25) is 10.0 Å². The first kappa shape index (κ1) is 14.6. The van der Waals surface area contributed by atoms with Gasteiger partial charge in [-0.25, -0.2) is 0 Å². The van der Waals surface area contributed by atoms with Gasteiger partial charge in [0.25, 0.3) is 0 Å². The first-order chi connectivity index (χ1) is 9.60. The number of benzene rings is 2. The zero-order valence-electron chi connectivity index (χ0n) is 10.8. The molecule has 0 aliphatic rings. The largest absolute Gasteiger partial charge is 0.497 e. The van der Waals surface area contributed by atoms with Gasteiger partial charge in [0.05, 0.1) is 17.2 Å². The number of allylic oxidation sites excluding steroid dienone is 1. The Labute approximate surface area is 127 Å². The molecule has 0 N–H and O–H groups in total. The summed E-state index contributed by atoms with van der Waals surface area (Å²) in [6.45, 7) is 0. The summed E-state index contributed by atoms with van der Waals surface area (Å²) in [7, 11) is 1.58. The van der Waals surface area contributed by atoms with Gasteiger partial charge < -0.3 is 4.74 Å². The molecule has 0 saturated carbocycles. The minimum Gasteiger partial charge on any atom is -0.497 e. The Bertz CT molecular complexity index is 646. The van der Waals surface area contributed by atoms with E-state index in [1.165, 1.54) is 6.08 Å². The van der Waals surface area contributed by atoms with Gasteiger partial charge in [0.15, 0.2) is 5.78 Å². The van der Waals surface area contributed by atoms with Gasteiger partial charge in [-0.05, 0) is 48.0 Å². The molecule has 0 heterocycles. The Morgan fingerprint density at radius 3 is 2.35 bits per heavy atom. The summed E-state index contributed by atoms with van der Waals surface area (Å²) in [4.78, 5) is 12.0. The zero-order valence-corrected chi connectivity index (χ0v) is 12.3. The molecule has 0 amide bonds. The molecule has 4 heteroatoms. The smallest absolute Gasteiger partial charge is 0.185 e. The second-order valence-electron chi connectivity index (χ2n) is 4.10. The fraction of sp³-hybridized carbons (Fsp3) is 0.0625. The van der Waals surface area contributed by atoms with Gasteiger partial charge in [-0.15, -0.1) is 0 Å². The summed E-state index contributed by atoms with van der Waals surface area (Å²) in [5.41, 5.74) is 1.42. The summed E-state index contributed by atoms with van der Waals surface area (Å²) < 4.78 is 5.05. The summed E-state index contributed by atoms with van der Waals surface area (Å²) in [6, 6.07) is 12.1. The van der Waals surface area contributed by atoms with Gasteiger partial charge in [0, 0.05) is 5.56 Å². The third-order valence-electron chi connectivity index (χ3n) is 2.75. The van der Waals surface area contributed by atoms with Crippen LogP contribution in [0.5, 0.6) is 5.75 Å². The van der Waals surface area contributed by atoms with E-state index >= 15 is 0 Å². The van der Waals surface area contributed by atoms with Gasteiger partial charge in [-0.1, -0.05) is 35.3 Å². The molecule has 2 aromatic rings. The fourth-order valence-electron chi connectivity index (χ4n) is 1.64. The average Bonchev–Trinajstić information content (AvgIpc) is 2.48. The lowest BCUT2D eigenvalue weighted by Gasteiger charge is -2.00. The van der Waals surface area contributed by atoms with Crippen molar-refractivity contribution in [3.8, 4) is 5.75 Å². The molecule has 0 unspecified atom stereocenters. The molecule has 0 radical (unpaired) electrons. The normalized spacial score (nSPS) is 10.8.